The molecular weight excluding hydrogens is 592 g/mol. The van der Waals surface area contributed by atoms with Crippen LogP contribution in [0.1, 0.15) is 106 Å². The minimum Gasteiger partial charge on any atom is -0.394 e. The fourth-order valence-electron chi connectivity index (χ4n) is 13.6. The number of aliphatic hydroxyl groups excluding tert-OH is 6. The molecule has 0 amide bonds. The zero-order valence-corrected chi connectivity index (χ0v) is 28.9. The monoisotopic (exact) mass is 652 g/mol. The van der Waals surface area contributed by atoms with Crippen LogP contribution in [0.25, 0.3) is 0 Å². The van der Waals surface area contributed by atoms with Gasteiger partial charge in [-0.15, -0.1) is 0 Å². The molecule has 2 heterocycles. The van der Waals surface area contributed by atoms with Gasteiger partial charge in [0.25, 0.3) is 0 Å². The van der Waals surface area contributed by atoms with Crippen molar-refractivity contribution in [1.29, 1.82) is 0 Å². The number of fused-ring (bicyclic) bond motifs is 2. The number of hydrogen-bond acceptors (Lipinski definition) is 10. The summed E-state index contributed by atoms with van der Waals surface area (Å²) in [4.78, 5) is 0. The highest BCUT2D eigenvalue weighted by Gasteiger charge is 2.85. The Balaban J connectivity index is 1.26. The molecule has 46 heavy (non-hydrogen) atoms. The van der Waals surface area contributed by atoms with Crippen LogP contribution in [-0.2, 0) is 14.2 Å². The van der Waals surface area contributed by atoms with E-state index in [0.29, 0.717) is 19.3 Å². The summed E-state index contributed by atoms with van der Waals surface area (Å²) in [7, 11) is 0. The fourth-order valence-corrected chi connectivity index (χ4v) is 13.6. The van der Waals surface area contributed by atoms with Crippen molar-refractivity contribution in [1.82, 2.24) is 0 Å². The molecule has 0 aromatic heterocycles. The van der Waals surface area contributed by atoms with Gasteiger partial charge in [-0.25, -0.2) is 0 Å². The van der Waals surface area contributed by atoms with Crippen LogP contribution >= 0.6 is 0 Å². The Morgan fingerprint density at radius 1 is 0.804 bits per heavy atom. The molecule has 2 saturated heterocycles. The molecule has 10 heteroatoms. The Bertz CT molecular complexity index is 1200. The molecule has 5 saturated carbocycles. The summed E-state index contributed by atoms with van der Waals surface area (Å²) in [5.74, 6) is 0.0768. The first-order valence-electron chi connectivity index (χ1n) is 17.9. The van der Waals surface area contributed by atoms with E-state index >= 15 is 0 Å². The van der Waals surface area contributed by atoms with Gasteiger partial charge in [0.2, 0.25) is 0 Å². The molecule has 2 spiro atoms. The Labute approximate surface area is 273 Å². The van der Waals surface area contributed by atoms with Gasteiger partial charge in [0, 0.05) is 5.92 Å². The Kier molecular flexibility index (Phi) is 7.65. The average Bonchev–Trinajstić information content (AvgIpc) is 3.33. The van der Waals surface area contributed by atoms with Crippen molar-refractivity contribution in [2.75, 3.05) is 6.61 Å². The predicted octanol–water partition coefficient (Wildman–Crippen LogP) is 2.26. The lowest BCUT2D eigenvalue weighted by atomic mass is 9.41. The largest absolute Gasteiger partial charge is 0.394 e. The second kappa shape index (κ2) is 10.3. The summed E-state index contributed by atoms with van der Waals surface area (Å²) in [5, 5.41) is 76.2. The van der Waals surface area contributed by atoms with Gasteiger partial charge in [-0.05, 0) is 117 Å². The lowest BCUT2D eigenvalue weighted by molar-refractivity contribution is -0.331. The first kappa shape index (κ1) is 34.1. The molecule has 10 nitrogen and oxygen atoms in total. The van der Waals surface area contributed by atoms with Gasteiger partial charge in [-0.2, -0.15) is 0 Å². The summed E-state index contributed by atoms with van der Waals surface area (Å²) >= 11 is 0. The van der Waals surface area contributed by atoms with Crippen LogP contribution in [0, 0.1) is 44.8 Å². The Hall–Kier alpha value is -0.400. The van der Waals surface area contributed by atoms with Crippen molar-refractivity contribution >= 4 is 0 Å². The molecule has 5 aliphatic carbocycles. The normalized spacial score (nSPS) is 59.3. The van der Waals surface area contributed by atoms with Gasteiger partial charge in [0.15, 0.2) is 6.29 Å². The molecule has 0 radical (unpaired) electrons. The van der Waals surface area contributed by atoms with Gasteiger partial charge in [0.1, 0.15) is 24.4 Å². The first-order valence-corrected chi connectivity index (χ1v) is 17.9. The lowest BCUT2D eigenvalue weighted by Crippen LogP contribution is -2.64. The van der Waals surface area contributed by atoms with Crippen LogP contribution in [-0.4, -0.2) is 109 Å². The zero-order valence-electron chi connectivity index (χ0n) is 28.9. The second-order valence-corrected chi connectivity index (χ2v) is 18.7. The smallest absolute Gasteiger partial charge is 0.186 e. The molecule has 7 fully saturated rings. The Morgan fingerprint density at radius 3 is 2.13 bits per heavy atom. The quantitative estimate of drug-likeness (QED) is 0.219. The van der Waals surface area contributed by atoms with Crippen molar-refractivity contribution in [3.8, 4) is 0 Å². The van der Waals surface area contributed by atoms with E-state index < -0.39 is 72.2 Å². The van der Waals surface area contributed by atoms with Crippen molar-refractivity contribution in [2.24, 2.45) is 44.8 Å². The van der Waals surface area contributed by atoms with Gasteiger partial charge < -0.3 is 50.0 Å². The number of aliphatic hydroxyl groups is 7. The molecule has 0 bridgehead atoms. The summed E-state index contributed by atoms with van der Waals surface area (Å²) in [5.41, 5.74) is -2.50. The molecule has 0 aromatic rings. The molecule has 0 aromatic carbocycles. The molecule has 2 aliphatic heterocycles. The highest BCUT2D eigenvalue weighted by atomic mass is 16.7. The minimum absolute atomic E-state index is 0.0225. The van der Waals surface area contributed by atoms with Crippen molar-refractivity contribution in [2.45, 2.75) is 173 Å². The zero-order chi connectivity index (χ0) is 33.6. The van der Waals surface area contributed by atoms with E-state index in [0.717, 1.165) is 38.5 Å². The van der Waals surface area contributed by atoms with E-state index in [9.17, 15) is 35.7 Å². The van der Waals surface area contributed by atoms with E-state index in [-0.39, 0.29) is 45.5 Å². The van der Waals surface area contributed by atoms with E-state index in [1.165, 1.54) is 0 Å². The maximum atomic E-state index is 12.0. The van der Waals surface area contributed by atoms with E-state index in [1.54, 1.807) is 13.8 Å². The van der Waals surface area contributed by atoms with Gasteiger partial charge in [-0.3, -0.25) is 0 Å². The van der Waals surface area contributed by atoms with Crippen LogP contribution in [0.4, 0.5) is 0 Å². The van der Waals surface area contributed by atoms with Crippen LogP contribution in [0.3, 0.4) is 0 Å². The standard InChI is InChI=1S/C36H60O10/c1-30(2)22(39)8-11-36-17-35(36)13-12-32(5)27(34(7)10-9-23(46-34)31(3,4)43)18(38)15-33(32,6)21(35)14-19(28(30)36)44-29-26(42)25(41)24(40)20(16-37)45-29/h18-29,37-43H,8-17H2,1-7H3/t18?,19-,20+,21?,22?,23?,24+,25-,26?,27?,28-,29+,32?,33-,34?,35?,36?/m0/s1. The number of rotatable bonds is 5. The van der Waals surface area contributed by atoms with Crippen molar-refractivity contribution in [3.05, 3.63) is 0 Å². The average molecular weight is 653 g/mol. The third-order valence-corrected chi connectivity index (χ3v) is 15.9. The van der Waals surface area contributed by atoms with E-state index in [4.69, 9.17) is 14.2 Å². The van der Waals surface area contributed by atoms with Crippen LogP contribution in [0.15, 0.2) is 0 Å². The van der Waals surface area contributed by atoms with Crippen molar-refractivity contribution < 1.29 is 50.0 Å². The molecule has 7 rings (SSSR count). The molecule has 7 N–H and O–H groups in total. The van der Waals surface area contributed by atoms with Crippen molar-refractivity contribution in [3.63, 3.8) is 0 Å². The third-order valence-electron chi connectivity index (χ3n) is 15.9. The van der Waals surface area contributed by atoms with Crippen LogP contribution < -0.4 is 0 Å². The number of ether oxygens (including phenoxy) is 3. The fraction of sp³-hybridized carbons (Fsp3) is 1.00. The van der Waals surface area contributed by atoms with Crippen LogP contribution in [0.2, 0.25) is 0 Å². The molecule has 7 aliphatic rings. The SMILES string of the molecule is CC(C)(O)C1CCC(C)(C2C(O)C[C@@]3(C)C4C[C@H](O[C@@H]5O[C@H](CO)[C@@H](O)[C@H](O)C5O)[C@H]5C(C)(C)C(O)CCC56CC46CCC23C)O1. The van der Waals surface area contributed by atoms with Gasteiger partial charge in [-0.1, -0.05) is 27.7 Å². The van der Waals surface area contributed by atoms with Gasteiger partial charge in [0.05, 0.1) is 42.2 Å². The molecular formula is C36H60O10. The predicted molar refractivity (Wildman–Crippen MR) is 167 cm³/mol. The van der Waals surface area contributed by atoms with E-state index in [1.807, 2.05) is 0 Å². The molecule has 264 valence electrons. The maximum Gasteiger partial charge on any atom is 0.186 e. The summed E-state index contributed by atoms with van der Waals surface area (Å²) in [6.07, 6.45) is -1.07. The summed E-state index contributed by atoms with van der Waals surface area (Å²) in [6, 6.07) is 0. The summed E-state index contributed by atoms with van der Waals surface area (Å²) < 4.78 is 19.4. The topological polar surface area (TPSA) is 169 Å². The third kappa shape index (κ3) is 4.24. The highest BCUT2D eigenvalue weighted by molar-refractivity contribution is 5.33. The molecule has 10 unspecified atom stereocenters. The lowest BCUT2D eigenvalue weighted by Gasteiger charge is -2.65. The first-order chi connectivity index (χ1) is 21.2. The highest BCUT2D eigenvalue weighted by Crippen LogP contribution is 2.89. The Morgan fingerprint density at radius 2 is 1.50 bits per heavy atom. The summed E-state index contributed by atoms with van der Waals surface area (Å²) in [6.45, 7) is 14.2. The van der Waals surface area contributed by atoms with Crippen LogP contribution in [0.5, 0.6) is 0 Å². The van der Waals surface area contributed by atoms with Gasteiger partial charge >= 0.3 is 0 Å². The number of hydrogen-bond donors (Lipinski definition) is 7. The second-order valence-electron chi connectivity index (χ2n) is 18.7. The minimum atomic E-state index is -1.53. The van der Waals surface area contributed by atoms with E-state index in [2.05, 4.69) is 34.6 Å². The maximum absolute atomic E-state index is 12.0. The molecule has 17 atom stereocenters.